The lowest BCUT2D eigenvalue weighted by atomic mass is 10.1. The first-order chi connectivity index (χ1) is 8.51. The first-order valence-corrected chi connectivity index (χ1v) is 6.34. The quantitative estimate of drug-likeness (QED) is 0.815. The SMILES string of the molecule is CCC(C)C(=O)N(c1cccc(C#N)c1)C(C)C. The Hall–Kier alpha value is -1.82. The second-order valence-electron chi connectivity index (χ2n) is 4.77. The summed E-state index contributed by atoms with van der Waals surface area (Å²) in [5, 5.41) is 8.92. The van der Waals surface area contributed by atoms with Crippen LogP contribution in [0.5, 0.6) is 0 Å². The fraction of sp³-hybridized carbons (Fsp3) is 0.467. The van der Waals surface area contributed by atoms with Crippen molar-refractivity contribution in [3.8, 4) is 6.07 Å². The van der Waals surface area contributed by atoms with Crippen LogP contribution in [0.15, 0.2) is 24.3 Å². The molecular weight excluding hydrogens is 224 g/mol. The maximum Gasteiger partial charge on any atom is 0.230 e. The molecule has 0 radical (unpaired) electrons. The average molecular weight is 244 g/mol. The van der Waals surface area contributed by atoms with Crippen LogP contribution in [0.2, 0.25) is 0 Å². The number of nitriles is 1. The lowest BCUT2D eigenvalue weighted by Crippen LogP contribution is -2.40. The number of amides is 1. The van der Waals surface area contributed by atoms with Gasteiger partial charge in [-0.05, 0) is 38.5 Å². The second-order valence-corrected chi connectivity index (χ2v) is 4.77. The molecule has 0 bridgehead atoms. The lowest BCUT2D eigenvalue weighted by Gasteiger charge is -2.29. The molecule has 0 heterocycles. The van der Waals surface area contributed by atoms with Crippen LogP contribution in [0, 0.1) is 17.2 Å². The molecule has 1 rings (SSSR count). The summed E-state index contributed by atoms with van der Waals surface area (Å²) in [6, 6.07) is 9.39. The van der Waals surface area contributed by atoms with Gasteiger partial charge in [0.25, 0.3) is 0 Å². The Labute approximate surface area is 109 Å². The van der Waals surface area contributed by atoms with Crippen molar-refractivity contribution < 1.29 is 4.79 Å². The highest BCUT2D eigenvalue weighted by molar-refractivity contribution is 5.95. The van der Waals surface area contributed by atoms with Gasteiger partial charge >= 0.3 is 0 Å². The molecule has 1 aromatic carbocycles. The summed E-state index contributed by atoms with van der Waals surface area (Å²) in [7, 11) is 0. The maximum absolute atomic E-state index is 12.4. The van der Waals surface area contributed by atoms with Crippen LogP contribution < -0.4 is 4.90 Å². The number of anilines is 1. The monoisotopic (exact) mass is 244 g/mol. The molecule has 0 saturated carbocycles. The van der Waals surface area contributed by atoms with E-state index in [1.54, 1.807) is 17.0 Å². The van der Waals surface area contributed by atoms with E-state index in [1.165, 1.54) is 0 Å². The fourth-order valence-electron chi connectivity index (χ4n) is 1.82. The molecule has 1 atom stereocenters. The molecule has 0 aliphatic rings. The van der Waals surface area contributed by atoms with E-state index < -0.39 is 0 Å². The topological polar surface area (TPSA) is 44.1 Å². The van der Waals surface area contributed by atoms with E-state index in [0.717, 1.165) is 12.1 Å². The molecule has 96 valence electrons. The van der Waals surface area contributed by atoms with Gasteiger partial charge in [-0.25, -0.2) is 0 Å². The Kier molecular flexibility index (Phi) is 4.91. The summed E-state index contributed by atoms with van der Waals surface area (Å²) in [6.07, 6.45) is 0.819. The minimum absolute atomic E-state index is 0.00172. The van der Waals surface area contributed by atoms with Crippen molar-refractivity contribution in [2.24, 2.45) is 5.92 Å². The Morgan fingerprint density at radius 1 is 1.39 bits per heavy atom. The van der Waals surface area contributed by atoms with Crippen LogP contribution in [0.4, 0.5) is 5.69 Å². The molecular formula is C15H20N2O. The molecule has 3 heteroatoms. The van der Waals surface area contributed by atoms with Crippen molar-refractivity contribution in [1.29, 1.82) is 5.26 Å². The second kappa shape index (κ2) is 6.20. The Morgan fingerprint density at radius 2 is 2.06 bits per heavy atom. The molecule has 0 spiro atoms. The van der Waals surface area contributed by atoms with Gasteiger partial charge in [-0.2, -0.15) is 5.26 Å². The Balaban J connectivity index is 3.13. The summed E-state index contributed by atoms with van der Waals surface area (Å²) in [6.45, 7) is 7.91. The predicted molar refractivity (Wildman–Crippen MR) is 73.2 cm³/mol. The molecule has 0 aliphatic carbocycles. The number of benzene rings is 1. The molecule has 1 amide bonds. The van der Waals surface area contributed by atoms with Gasteiger partial charge in [-0.1, -0.05) is 19.9 Å². The summed E-state index contributed by atoms with van der Waals surface area (Å²) in [5.41, 5.74) is 1.38. The summed E-state index contributed by atoms with van der Waals surface area (Å²) in [4.78, 5) is 14.1. The number of nitrogens with zero attached hydrogens (tertiary/aromatic N) is 2. The first-order valence-electron chi connectivity index (χ1n) is 6.34. The summed E-state index contributed by atoms with van der Waals surface area (Å²) in [5.74, 6) is 0.112. The number of carbonyl (C=O) groups is 1. The maximum atomic E-state index is 12.4. The van der Waals surface area contributed by atoms with Crippen molar-refractivity contribution >= 4 is 11.6 Å². The zero-order chi connectivity index (χ0) is 13.7. The van der Waals surface area contributed by atoms with Crippen molar-refractivity contribution in [3.63, 3.8) is 0 Å². The van der Waals surface area contributed by atoms with Crippen molar-refractivity contribution in [2.75, 3.05) is 4.90 Å². The standard InChI is InChI=1S/C15H20N2O/c1-5-12(4)15(18)17(11(2)3)14-8-6-7-13(9-14)10-16/h6-9,11-12H,5H2,1-4H3. The molecule has 1 unspecified atom stereocenters. The van der Waals surface area contributed by atoms with Gasteiger partial charge in [0.15, 0.2) is 0 Å². The molecule has 0 N–H and O–H groups in total. The van der Waals surface area contributed by atoms with E-state index in [0.29, 0.717) is 5.56 Å². The first kappa shape index (κ1) is 14.2. The molecule has 0 fully saturated rings. The van der Waals surface area contributed by atoms with E-state index in [4.69, 9.17) is 5.26 Å². The molecule has 0 saturated heterocycles. The van der Waals surface area contributed by atoms with Gasteiger partial charge in [0.2, 0.25) is 5.91 Å². The van der Waals surface area contributed by atoms with E-state index >= 15 is 0 Å². The van der Waals surface area contributed by atoms with Gasteiger partial charge in [0.1, 0.15) is 0 Å². The molecule has 0 aromatic heterocycles. The highest BCUT2D eigenvalue weighted by Gasteiger charge is 2.23. The number of carbonyl (C=O) groups excluding carboxylic acids is 1. The zero-order valence-electron chi connectivity index (χ0n) is 11.5. The van der Waals surface area contributed by atoms with E-state index in [-0.39, 0.29) is 17.9 Å². The number of hydrogen-bond acceptors (Lipinski definition) is 2. The van der Waals surface area contributed by atoms with Gasteiger partial charge < -0.3 is 4.90 Å². The van der Waals surface area contributed by atoms with Crippen LogP contribution in [0.25, 0.3) is 0 Å². The van der Waals surface area contributed by atoms with Gasteiger partial charge in [-0.15, -0.1) is 0 Å². The van der Waals surface area contributed by atoms with Crippen LogP contribution >= 0.6 is 0 Å². The van der Waals surface area contributed by atoms with Crippen LogP contribution in [0.3, 0.4) is 0 Å². The third-order valence-electron chi connectivity index (χ3n) is 3.04. The molecule has 3 nitrogen and oxygen atoms in total. The smallest absolute Gasteiger partial charge is 0.230 e. The van der Waals surface area contributed by atoms with Gasteiger partial charge in [0, 0.05) is 17.6 Å². The Bertz CT molecular complexity index is 460. The Morgan fingerprint density at radius 3 is 2.56 bits per heavy atom. The zero-order valence-corrected chi connectivity index (χ0v) is 11.5. The van der Waals surface area contributed by atoms with Crippen LogP contribution in [-0.2, 0) is 4.79 Å². The third-order valence-corrected chi connectivity index (χ3v) is 3.04. The largest absolute Gasteiger partial charge is 0.310 e. The molecule has 18 heavy (non-hydrogen) atoms. The highest BCUT2D eigenvalue weighted by atomic mass is 16.2. The lowest BCUT2D eigenvalue weighted by molar-refractivity contribution is -0.122. The third kappa shape index (κ3) is 3.10. The van der Waals surface area contributed by atoms with E-state index in [9.17, 15) is 4.79 Å². The minimum atomic E-state index is -0.00172. The predicted octanol–water partition coefficient (Wildman–Crippen LogP) is 3.35. The summed E-state index contributed by atoms with van der Waals surface area (Å²) >= 11 is 0. The van der Waals surface area contributed by atoms with Crippen molar-refractivity contribution in [3.05, 3.63) is 29.8 Å². The van der Waals surface area contributed by atoms with E-state index in [2.05, 4.69) is 6.07 Å². The fourth-order valence-corrected chi connectivity index (χ4v) is 1.82. The molecule has 0 aliphatic heterocycles. The van der Waals surface area contributed by atoms with Crippen LogP contribution in [0.1, 0.15) is 39.7 Å². The number of rotatable bonds is 4. The average Bonchev–Trinajstić information content (AvgIpc) is 2.37. The van der Waals surface area contributed by atoms with Gasteiger partial charge in [0.05, 0.1) is 11.6 Å². The van der Waals surface area contributed by atoms with E-state index in [1.807, 2.05) is 39.8 Å². The van der Waals surface area contributed by atoms with Crippen molar-refractivity contribution in [2.45, 2.75) is 40.2 Å². The van der Waals surface area contributed by atoms with Crippen molar-refractivity contribution in [1.82, 2.24) is 0 Å². The highest BCUT2D eigenvalue weighted by Crippen LogP contribution is 2.21. The van der Waals surface area contributed by atoms with Gasteiger partial charge in [-0.3, -0.25) is 4.79 Å². The minimum Gasteiger partial charge on any atom is -0.310 e. The summed E-state index contributed by atoms with van der Waals surface area (Å²) < 4.78 is 0. The number of hydrogen-bond donors (Lipinski definition) is 0. The normalized spacial score (nSPS) is 12.0. The molecule has 1 aromatic rings. The van der Waals surface area contributed by atoms with Crippen LogP contribution in [-0.4, -0.2) is 11.9 Å².